The van der Waals surface area contributed by atoms with Gasteiger partial charge in [-0.2, -0.15) is 0 Å². The van der Waals surface area contributed by atoms with Crippen molar-refractivity contribution in [2.24, 2.45) is 28.2 Å². The normalized spacial score (nSPS) is 16.7. The third-order valence-corrected chi connectivity index (χ3v) is 29.8. The quantitative estimate of drug-likeness (QED) is 0.156. The Kier molecular flexibility index (Phi) is 17.5. The highest BCUT2D eigenvalue weighted by molar-refractivity contribution is 6.00. The maximum absolute atomic E-state index is 7.82. The third kappa shape index (κ3) is 13.3. The van der Waals surface area contributed by atoms with E-state index >= 15 is 0 Å². The van der Waals surface area contributed by atoms with Crippen molar-refractivity contribution < 1.29 is 30.6 Å². The first kappa shape index (κ1) is 71.1. The van der Waals surface area contributed by atoms with Crippen LogP contribution in [0.3, 0.4) is 0 Å². The molecule has 4 aliphatic rings. The first-order valence-electron chi connectivity index (χ1n) is 47.7. The molecule has 0 saturated heterocycles. The highest BCUT2D eigenvalue weighted by Gasteiger charge is 2.51. The van der Waals surface area contributed by atoms with Gasteiger partial charge in [-0.15, -0.1) is 0 Å². The Balaban J connectivity index is 0.000000122. The summed E-state index contributed by atoms with van der Waals surface area (Å²) in [4.78, 5) is 0. The van der Waals surface area contributed by atoms with E-state index in [-0.39, 0.29) is 32.5 Å². The molecule has 0 spiro atoms. The van der Waals surface area contributed by atoms with Crippen molar-refractivity contribution in [1.82, 2.24) is 0 Å². The van der Waals surface area contributed by atoms with E-state index in [4.69, 9.17) is 12.3 Å². The fraction of sp³-hybridized carbons (Fsp3) is 0.282. The molecule has 4 nitrogen and oxygen atoms in total. The number of pyridine rings is 4. The second kappa shape index (κ2) is 29.9. The molecule has 0 N–H and O–H groups in total. The minimum atomic E-state index is -2.12. The van der Waals surface area contributed by atoms with Crippen LogP contribution in [0.4, 0.5) is 0 Å². The Morgan fingerprint density at radius 3 is 1.21 bits per heavy atom. The van der Waals surface area contributed by atoms with Gasteiger partial charge >= 0.3 is 0 Å². The minimum absolute atomic E-state index is 0.0157. The number of aryl methyl sites for hydroxylation is 14. The monoisotopic (exact) mass is 1590 g/mol. The van der Waals surface area contributed by atoms with Crippen molar-refractivity contribution in [2.45, 2.75) is 191 Å². The van der Waals surface area contributed by atoms with Gasteiger partial charge in [0.25, 0.3) is 0 Å². The average Bonchev–Trinajstić information content (AvgIpc) is 0.698. The van der Waals surface area contributed by atoms with Gasteiger partial charge in [-0.1, -0.05) is 246 Å². The van der Waals surface area contributed by atoms with E-state index in [2.05, 4.69) is 343 Å². The van der Waals surface area contributed by atoms with E-state index in [9.17, 15) is 0 Å². The van der Waals surface area contributed by atoms with Crippen LogP contribution in [0.25, 0.3) is 133 Å². The zero-order valence-corrected chi connectivity index (χ0v) is 75.0. The van der Waals surface area contributed by atoms with Gasteiger partial charge < -0.3 is 0 Å². The maximum Gasteiger partial charge on any atom is 0.213 e. The van der Waals surface area contributed by atoms with E-state index in [1.165, 1.54) is 188 Å². The molecule has 16 aromatic rings. The molecule has 0 bridgehead atoms. The molecule has 0 fully saturated rings. The molecule has 4 heteroatoms. The lowest BCUT2D eigenvalue weighted by molar-refractivity contribution is -0.660. The standard InChI is InChI=1S/C31H34N.2C30H32N.C26H24N/c1-19-9-11-22-17-25-24-12-10-21(3)28(27-16-20(2)13-14-32(27)8)29(24)31(6,7)30(4,5)26(25)18-23(22)15-19;1-19-12-17-25(31(7)18-19)26-20(2)13-15-24-23-16-14-21-10-8-9-11-22(21)27(23)29(3,4)30(5,6)28(24)26;1-19-12-13-28(31(7)18-19)23-17-25-24-15-21-10-8-9-11-22(21)16-27(24)30(5,6)29(3,4)26(25)14-20(23)2;1-17-8-15-25(27(3)16-17)26-18(2)9-11-23-22-12-10-19-6-4-5-7-20(19)21(22)13-14-24(23)26/h9-18H,1-8H3;2*8-18H,1-7H3;4-12,15-16H,13-14H2,1-3H3/q4*+1/i;3*1D3. The van der Waals surface area contributed by atoms with E-state index < -0.39 is 20.6 Å². The number of hydrogen-bond donors (Lipinski definition) is 0. The number of rotatable bonds is 4. The molecule has 0 atom stereocenters. The van der Waals surface area contributed by atoms with E-state index in [1.807, 2.05) is 53.0 Å². The van der Waals surface area contributed by atoms with Crippen LogP contribution in [0.15, 0.2) is 261 Å². The summed E-state index contributed by atoms with van der Waals surface area (Å²) in [7, 11) is 7.98. The van der Waals surface area contributed by atoms with Crippen molar-refractivity contribution in [2.75, 3.05) is 0 Å². The summed E-state index contributed by atoms with van der Waals surface area (Å²) in [6.45, 7) is 35.4. The van der Waals surface area contributed by atoms with Crippen molar-refractivity contribution in [3.05, 3.63) is 356 Å². The Bertz CT molecular complexity index is 7360. The molecule has 606 valence electrons. The molecule has 0 unspecified atom stereocenters. The molecular formula is C117H122N4+4. The van der Waals surface area contributed by atoms with Gasteiger partial charge in [-0.3, -0.25) is 0 Å². The number of benzene rings is 12. The van der Waals surface area contributed by atoms with Crippen molar-refractivity contribution in [1.29, 1.82) is 0 Å². The Labute approximate surface area is 733 Å². The smallest absolute Gasteiger partial charge is 0.201 e. The number of aromatic nitrogens is 4. The van der Waals surface area contributed by atoms with Gasteiger partial charge in [-0.25, -0.2) is 18.3 Å². The fourth-order valence-electron chi connectivity index (χ4n) is 21.1. The second-order valence-corrected chi connectivity index (χ2v) is 38.6. The van der Waals surface area contributed by atoms with Crippen LogP contribution in [-0.4, -0.2) is 0 Å². The topological polar surface area (TPSA) is 15.5 Å². The summed E-state index contributed by atoms with van der Waals surface area (Å²) in [5.74, 6) is 0. The zero-order valence-electron chi connectivity index (χ0n) is 84.0. The van der Waals surface area contributed by atoms with E-state index in [0.717, 1.165) is 35.5 Å². The van der Waals surface area contributed by atoms with Crippen LogP contribution in [0.2, 0.25) is 0 Å². The fourth-order valence-corrected chi connectivity index (χ4v) is 21.1. The second-order valence-electron chi connectivity index (χ2n) is 38.6. The van der Waals surface area contributed by atoms with Gasteiger partial charge in [0.1, 0.15) is 28.2 Å². The maximum atomic E-state index is 7.82. The summed E-state index contributed by atoms with van der Waals surface area (Å²) in [5.41, 5.74) is 39.2. The number of hydrogen-bond acceptors (Lipinski definition) is 0. The van der Waals surface area contributed by atoms with Gasteiger partial charge in [0.15, 0.2) is 24.8 Å². The molecule has 4 aromatic heterocycles. The summed E-state index contributed by atoms with van der Waals surface area (Å²) in [6.07, 6.45) is 9.41. The number of nitrogens with zero attached hydrogens (tertiary/aromatic N) is 4. The summed E-state index contributed by atoms with van der Waals surface area (Å²) >= 11 is 0. The lowest BCUT2D eigenvalue weighted by Crippen LogP contribution is -2.45. The van der Waals surface area contributed by atoms with Crippen LogP contribution in [0.5, 0.6) is 0 Å². The molecule has 0 aliphatic heterocycles. The summed E-state index contributed by atoms with van der Waals surface area (Å²) in [5, 5.41) is 10.4. The SMILES string of the molecule is Cc1cc[n+](C)c(-c2c(C)ccc3c2C(C)(C)C(C)(C)c2cc4cc(C)ccc4cc2-3)c1.[2H]C([2H])([2H])c1ccc(-c2c(C)ccc3c2C(C)(C)C(C)(C)c2c-3ccc3ccccc23)[n+](C)c1.[2H]C([2H])([2H])c1ccc(-c2c(C)ccc3c2CCc2c-3ccc3ccccc23)[n+](C)c1.[2H]C([2H])([2H])c1ccc(-c2cc3c(cc2C)C(C)(C)C(C)(C)c2cc4ccccc4cc2-3)[n+](C)c1. The Hall–Kier alpha value is -11.7. The molecular weight excluding hydrogens is 1460 g/mol. The lowest BCUT2D eigenvalue weighted by atomic mass is 9.53. The van der Waals surface area contributed by atoms with Crippen LogP contribution < -0.4 is 18.3 Å². The molecule has 0 saturated carbocycles. The number of fused-ring (bicyclic) bond motifs is 18. The summed E-state index contributed by atoms with van der Waals surface area (Å²) < 4.78 is 78.0. The molecule has 20 rings (SSSR count). The van der Waals surface area contributed by atoms with Gasteiger partial charge in [0.05, 0.1) is 16.7 Å². The van der Waals surface area contributed by atoms with Crippen molar-refractivity contribution in [3.63, 3.8) is 0 Å². The van der Waals surface area contributed by atoms with Crippen molar-refractivity contribution in [3.8, 4) is 89.5 Å². The lowest BCUT2D eigenvalue weighted by Gasteiger charge is -2.49. The first-order chi connectivity index (χ1) is 61.0. The Morgan fingerprint density at radius 1 is 0.248 bits per heavy atom. The highest BCUT2D eigenvalue weighted by Crippen LogP contribution is 2.61. The molecule has 0 amide bonds. The largest absolute Gasteiger partial charge is 0.213 e. The average molecular weight is 1590 g/mol. The third-order valence-electron chi connectivity index (χ3n) is 29.8. The van der Waals surface area contributed by atoms with Gasteiger partial charge in [0, 0.05) is 81.2 Å². The summed E-state index contributed by atoms with van der Waals surface area (Å²) in [6, 6.07) is 85.2. The van der Waals surface area contributed by atoms with Gasteiger partial charge in [-0.05, 0) is 300 Å². The van der Waals surface area contributed by atoms with Crippen LogP contribution >= 0.6 is 0 Å². The molecule has 0 radical (unpaired) electrons. The molecule has 4 heterocycles. The van der Waals surface area contributed by atoms with Gasteiger partial charge in [0.2, 0.25) is 22.8 Å². The van der Waals surface area contributed by atoms with Crippen LogP contribution in [0.1, 0.15) is 190 Å². The van der Waals surface area contributed by atoms with Crippen molar-refractivity contribution >= 4 is 43.1 Å². The predicted octanol–water partition coefficient (Wildman–Crippen LogP) is 27.6. The first-order valence-corrected chi connectivity index (χ1v) is 43.2. The Morgan fingerprint density at radius 2 is 0.628 bits per heavy atom. The minimum Gasteiger partial charge on any atom is -0.201 e. The highest BCUT2D eigenvalue weighted by atomic mass is 14.9. The molecule has 12 aromatic carbocycles. The predicted molar refractivity (Wildman–Crippen MR) is 512 cm³/mol. The van der Waals surface area contributed by atoms with E-state index in [1.54, 1.807) is 36.8 Å². The zero-order chi connectivity index (χ0) is 93.3. The molecule has 4 aliphatic carbocycles. The molecule has 121 heavy (non-hydrogen) atoms. The van der Waals surface area contributed by atoms with E-state index in [0.29, 0.717) is 16.7 Å². The van der Waals surface area contributed by atoms with Crippen LogP contribution in [-0.2, 0) is 73.5 Å². The van der Waals surface area contributed by atoms with Crippen LogP contribution in [0, 0.1) is 62.1 Å².